The van der Waals surface area contributed by atoms with Crippen LogP contribution in [0.5, 0.6) is 0 Å². The Bertz CT molecular complexity index is 998. The number of aliphatic hydroxyl groups is 1. The number of hydrogen-bond acceptors (Lipinski definition) is 5. The number of carbonyl (C=O) groups excluding carboxylic acids is 3. The number of ether oxygens (including phenoxy) is 1. The first-order valence-electron chi connectivity index (χ1n) is 12.0. The largest absolute Gasteiger partial charge is 0.394 e. The van der Waals surface area contributed by atoms with Crippen LogP contribution < -0.4 is 10.6 Å². The monoisotopic (exact) mass is 491 g/mol. The number of nitrogens with one attached hydrogen (secondary N) is 2. The molecule has 0 aliphatic carbocycles. The van der Waals surface area contributed by atoms with E-state index in [0.717, 1.165) is 12.0 Å². The smallest absolute Gasteiger partial charge is 0.250 e. The maximum Gasteiger partial charge on any atom is 0.250 e. The number of carbonyl (C=O) groups is 3. The average Bonchev–Trinajstić information content (AvgIpc) is 3.31. The number of para-hydroxylation sites is 1. The lowest BCUT2D eigenvalue weighted by molar-refractivity contribution is -0.148. The number of rotatable bonds is 7. The van der Waals surface area contributed by atoms with Crippen LogP contribution in [-0.2, 0) is 19.1 Å². The van der Waals surface area contributed by atoms with Gasteiger partial charge in [0.15, 0.2) is 0 Å². The summed E-state index contributed by atoms with van der Waals surface area (Å²) in [5.74, 6) is -2.55. The maximum absolute atomic E-state index is 13.9. The number of hydrogen-bond donors (Lipinski definition) is 3. The predicted molar refractivity (Wildman–Crippen MR) is 128 cm³/mol. The van der Waals surface area contributed by atoms with Gasteiger partial charge in [0.1, 0.15) is 11.6 Å². The number of nitrogens with zero attached hydrogens (tertiary/aromatic N) is 1. The number of halogens is 1. The van der Waals surface area contributed by atoms with Crippen LogP contribution in [0.2, 0.25) is 5.02 Å². The molecule has 0 saturated carbocycles. The molecule has 0 radical (unpaired) electrons. The van der Waals surface area contributed by atoms with Gasteiger partial charge in [0.25, 0.3) is 0 Å². The van der Waals surface area contributed by atoms with Crippen molar-refractivity contribution < 1.29 is 24.2 Å². The van der Waals surface area contributed by atoms with Crippen molar-refractivity contribution in [2.24, 2.45) is 17.8 Å². The van der Waals surface area contributed by atoms with Crippen molar-refractivity contribution in [1.82, 2.24) is 10.2 Å². The summed E-state index contributed by atoms with van der Waals surface area (Å²) in [7, 11) is 0. The van der Waals surface area contributed by atoms with Crippen LogP contribution in [0.25, 0.3) is 0 Å². The molecule has 3 N–H and O–H groups in total. The summed E-state index contributed by atoms with van der Waals surface area (Å²) >= 11 is 6.36. The molecule has 3 fully saturated rings. The Morgan fingerprint density at radius 1 is 1.35 bits per heavy atom. The van der Waals surface area contributed by atoms with E-state index in [1.165, 1.54) is 4.90 Å². The van der Waals surface area contributed by atoms with Gasteiger partial charge in [-0.05, 0) is 51.2 Å². The molecule has 7 atom stereocenters. The fourth-order valence-corrected chi connectivity index (χ4v) is 6.55. The minimum absolute atomic E-state index is 0.0457. The van der Waals surface area contributed by atoms with Crippen LogP contribution in [-0.4, -0.2) is 64.2 Å². The second kappa shape index (κ2) is 8.81. The van der Waals surface area contributed by atoms with Gasteiger partial charge in [0.2, 0.25) is 17.7 Å². The standard InChI is InChI=1S/C25H34ClN3O5/c1-6-10-27-21(31)17-18-23(33)29(15(4)12-30)20(25(18)11-14(3)24(17,5)34-25)22(32)28-19-13(2)8-7-9-16(19)26/h7-9,14-15,17-18,20,30H,6,10-12H2,1-5H3,(H,27,31)(H,28,32)/t14?,15-,17-,18+,20?,24+,25?/m1/s1. The Morgan fingerprint density at radius 3 is 2.68 bits per heavy atom. The van der Waals surface area contributed by atoms with Gasteiger partial charge in [-0.2, -0.15) is 0 Å². The number of aliphatic hydroxyl groups excluding tert-OH is 1. The van der Waals surface area contributed by atoms with E-state index < -0.39 is 41.0 Å². The van der Waals surface area contributed by atoms with Gasteiger partial charge in [0, 0.05) is 6.54 Å². The van der Waals surface area contributed by atoms with Gasteiger partial charge in [-0.15, -0.1) is 0 Å². The first kappa shape index (κ1) is 24.9. The van der Waals surface area contributed by atoms with Crippen molar-refractivity contribution >= 4 is 35.0 Å². The predicted octanol–water partition coefficient (Wildman–Crippen LogP) is 2.50. The van der Waals surface area contributed by atoms with E-state index in [1.807, 2.05) is 33.8 Å². The van der Waals surface area contributed by atoms with Crippen molar-refractivity contribution in [3.8, 4) is 0 Å². The maximum atomic E-state index is 13.9. The molecule has 8 nitrogen and oxygen atoms in total. The normalized spacial score (nSPS) is 34.8. The topological polar surface area (TPSA) is 108 Å². The summed E-state index contributed by atoms with van der Waals surface area (Å²) in [6.45, 7) is 9.56. The highest BCUT2D eigenvalue weighted by molar-refractivity contribution is 6.34. The number of benzene rings is 1. The highest BCUT2D eigenvalue weighted by Crippen LogP contribution is 2.65. The quantitative estimate of drug-likeness (QED) is 0.543. The number of amides is 3. The molecule has 3 amide bonds. The molecular formula is C25H34ClN3O5. The summed E-state index contributed by atoms with van der Waals surface area (Å²) in [6, 6.07) is 3.70. The Balaban J connectivity index is 1.79. The molecule has 0 aromatic heterocycles. The number of fused-ring (bicyclic) bond motifs is 1. The first-order valence-corrected chi connectivity index (χ1v) is 12.4. The zero-order valence-corrected chi connectivity index (χ0v) is 21.1. The van der Waals surface area contributed by atoms with E-state index in [4.69, 9.17) is 16.3 Å². The van der Waals surface area contributed by atoms with Crippen LogP contribution in [0.3, 0.4) is 0 Å². The molecule has 1 spiro atoms. The summed E-state index contributed by atoms with van der Waals surface area (Å²) in [6.07, 6.45) is 1.23. The van der Waals surface area contributed by atoms with Crippen LogP contribution >= 0.6 is 11.6 Å². The molecule has 186 valence electrons. The molecule has 3 aliphatic rings. The van der Waals surface area contributed by atoms with Gasteiger partial charge < -0.3 is 25.4 Å². The molecule has 2 bridgehead atoms. The third kappa shape index (κ3) is 3.45. The summed E-state index contributed by atoms with van der Waals surface area (Å²) < 4.78 is 6.63. The van der Waals surface area contributed by atoms with Crippen molar-refractivity contribution in [2.75, 3.05) is 18.5 Å². The molecule has 1 aromatic carbocycles. The lowest BCUT2D eigenvalue weighted by atomic mass is 9.62. The molecule has 34 heavy (non-hydrogen) atoms. The minimum atomic E-state index is -1.16. The lowest BCUT2D eigenvalue weighted by Gasteiger charge is -2.36. The zero-order chi connectivity index (χ0) is 25.0. The van der Waals surface area contributed by atoms with Crippen LogP contribution in [0.15, 0.2) is 18.2 Å². The first-order chi connectivity index (χ1) is 16.0. The zero-order valence-electron chi connectivity index (χ0n) is 20.4. The SMILES string of the molecule is CCCNC(=O)[C@H]1[C@H]2C(=O)N([C@H](C)CO)C(C(=O)Nc3c(C)cccc3Cl)C23CC(C)[C@]1(C)O3. The van der Waals surface area contributed by atoms with Crippen LogP contribution in [0.1, 0.15) is 46.1 Å². The molecule has 3 aliphatic heterocycles. The van der Waals surface area contributed by atoms with E-state index in [2.05, 4.69) is 10.6 Å². The van der Waals surface area contributed by atoms with Gasteiger partial charge in [-0.25, -0.2) is 0 Å². The van der Waals surface area contributed by atoms with Gasteiger partial charge in [-0.3, -0.25) is 14.4 Å². The van der Waals surface area contributed by atoms with E-state index in [0.29, 0.717) is 23.7 Å². The Hall–Kier alpha value is -2.16. The van der Waals surface area contributed by atoms with E-state index in [-0.39, 0.29) is 24.3 Å². The minimum Gasteiger partial charge on any atom is -0.394 e. The highest BCUT2D eigenvalue weighted by atomic mass is 35.5. The van der Waals surface area contributed by atoms with Crippen LogP contribution in [0, 0.1) is 24.7 Å². The third-order valence-corrected chi connectivity index (χ3v) is 8.36. The fraction of sp³-hybridized carbons (Fsp3) is 0.640. The van der Waals surface area contributed by atoms with Crippen molar-refractivity contribution in [1.29, 1.82) is 0 Å². The van der Waals surface area contributed by atoms with E-state index in [9.17, 15) is 19.5 Å². The van der Waals surface area contributed by atoms with Crippen molar-refractivity contribution in [2.45, 2.75) is 70.7 Å². The molecule has 3 saturated heterocycles. The lowest BCUT2D eigenvalue weighted by Crippen LogP contribution is -2.56. The van der Waals surface area contributed by atoms with Gasteiger partial charge in [-0.1, -0.05) is 37.6 Å². The molecule has 4 rings (SSSR count). The van der Waals surface area contributed by atoms with Crippen molar-refractivity contribution in [3.05, 3.63) is 28.8 Å². The molecule has 3 heterocycles. The van der Waals surface area contributed by atoms with E-state index in [1.54, 1.807) is 19.1 Å². The summed E-state index contributed by atoms with van der Waals surface area (Å²) in [4.78, 5) is 42.4. The summed E-state index contributed by atoms with van der Waals surface area (Å²) in [5, 5.41) is 16.2. The highest BCUT2D eigenvalue weighted by Gasteiger charge is 2.80. The number of likely N-dealkylation sites (tertiary alicyclic amines) is 1. The molecule has 1 aromatic rings. The Morgan fingerprint density at radius 2 is 2.06 bits per heavy atom. The van der Waals surface area contributed by atoms with Gasteiger partial charge in [0.05, 0.1) is 40.8 Å². The number of aryl methyl sites for hydroxylation is 1. The Labute approximate surface area is 205 Å². The molecule has 3 unspecified atom stereocenters. The average molecular weight is 492 g/mol. The third-order valence-electron chi connectivity index (χ3n) is 8.04. The van der Waals surface area contributed by atoms with Crippen LogP contribution in [0.4, 0.5) is 5.69 Å². The van der Waals surface area contributed by atoms with E-state index >= 15 is 0 Å². The second-order valence-corrected chi connectivity index (χ2v) is 10.6. The number of anilines is 1. The fourth-order valence-electron chi connectivity index (χ4n) is 6.28. The van der Waals surface area contributed by atoms with Crippen molar-refractivity contribution in [3.63, 3.8) is 0 Å². The Kier molecular flexibility index (Phi) is 6.46. The van der Waals surface area contributed by atoms with Gasteiger partial charge >= 0.3 is 0 Å². The molecular weight excluding hydrogens is 458 g/mol. The molecule has 9 heteroatoms. The second-order valence-electron chi connectivity index (χ2n) is 10.2. The summed E-state index contributed by atoms with van der Waals surface area (Å²) in [5.41, 5.74) is -0.773.